The largest absolute Gasteiger partial charge is 0.497 e. The lowest BCUT2D eigenvalue weighted by Crippen LogP contribution is -2.40. The van der Waals surface area contributed by atoms with Gasteiger partial charge >= 0.3 is 0 Å². The summed E-state index contributed by atoms with van der Waals surface area (Å²) in [7, 11) is -1.98. The smallest absolute Gasteiger partial charge is 0.261 e. The molecule has 7 nitrogen and oxygen atoms in total. The summed E-state index contributed by atoms with van der Waals surface area (Å²) in [5.74, 6) is 1.64. The van der Waals surface area contributed by atoms with E-state index in [4.69, 9.17) is 14.0 Å². The summed E-state index contributed by atoms with van der Waals surface area (Å²) in [5, 5.41) is 0. The number of carbonyl (C=O) groups is 1. The molecule has 40 heavy (non-hydrogen) atoms. The molecule has 0 bridgehead atoms. The number of methoxy groups -OCH3 is 1. The Morgan fingerprint density at radius 1 is 0.900 bits per heavy atom. The number of aryl methyl sites for hydroxylation is 1. The van der Waals surface area contributed by atoms with Gasteiger partial charge in [0.2, 0.25) is 0 Å². The van der Waals surface area contributed by atoms with E-state index in [-0.39, 0.29) is 6.23 Å². The van der Waals surface area contributed by atoms with E-state index in [0.29, 0.717) is 11.8 Å². The SMILES string of the molecule is COc1ccc(C2=C(c3cc(OC(C)N4CCCCC4)ccc3C=O)c3ccccc3CC2)cc1.CS(=O)(=O)O. The first-order valence-corrected chi connectivity index (χ1v) is 15.4. The summed E-state index contributed by atoms with van der Waals surface area (Å²) in [6, 6.07) is 22.7. The van der Waals surface area contributed by atoms with Gasteiger partial charge in [-0.3, -0.25) is 14.2 Å². The van der Waals surface area contributed by atoms with Crippen molar-refractivity contribution in [2.24, 2.45) is 0 Å². The number of carbonyl (C=O) groups excluding carboxylic acids is 1. The van der Waals surface area contributed by atoms with Gasteiger partial charge in [-0.05, 0) is 96.3 Å². The van der Waals surface area contributed by atoms with E-state index in [9.17, 15) is 13.2 Å². The number of hydrogen-bond donors (Lipinski definition) is 1. The van der Waals surface area contributed by atoms with Crippen molar-refractivity contribution < 1.29 is 27.2 Å². The van der Waals surface area contributed by atoms with Crippen molar-refractivity contribution in [3.8, 4) is 11.5 Å². The second-order valence-corrected chi connectivity index (χ2v) is 11.6. The second kappa shape index (κ2) is 13.3. The number of likely N-dealkylation sites (tertiary alicyclic amines) is 1. The van der Waals surface area contributed by atoms with Crippen molar-refractivity contribution in [2.75, 3.05) is 26.5 Å². The summed E-state index contributed by atoms with van der Waals surface area (Å²) in [4.78, 5) is 14.6. The summed E-state index contributed by atoms with van der Waals surface area (Å²) < 4.78 is 37.7. The molecule has 1 N–H and O–H groups in total. The van der Waals surface area contributed by atoms with Crippen LogP contribution in [0.25, 0.3) is 11.1 Å². The molecule has 0 amide bonds. The number of rotatable bonds is 7. The summed E-state index contributed by atoms with van der Waals surface area (Å²) in [5.41, 5.74) is 7.63. The Bertz CT molecular complexity index is 1450. The first kappa shape index (κ1) is 29.5. The predicted molar refractivity (Wildman–Crippen MR) is 158 cm³/mol. The van der Waals surface area contributed by atoms with E-state index in [0.717, 1.165) is 60.4 Å². The third-order valence-electron chi connectivity index (χ3n) is 7.30. The Morgan fingerprint density at radius 2 is 1.55 bits per heavy atom. The molecule has 2 aliphatic rings. The normalized spacial score (nSPS) is 16.3. The average Bonchev–Trinajstić information content (AvgIpc) is 2.96. The van der Waals surface area contributed by atoms with Crippen LogP contribution in [0.3, 0.4) is 0 Å². The fourth-order valence-corrected chi connectivity index (χ4v) is 5.40. The Morgan fingerprint density at radius 3 is 2.20 bits per heavy atom. The van der Waals surface area contributed by atoms with Gasteiger partial charge in [0, 0.05) is 18.7 Å². The van der Waals surface area contributed by atoms with Gasteiger partial charge in [-0.2, -0.15) is 8.42 Å². The molecule has 0 saturated carbocycles. The second-order valence-electron chi connectivity index (χ2n) is 10.2. The molecule has 1 heterocycles. The highest BCUT2D eigenvalue weighted by Gasteiger charge is 2.24. The molecule has 1 aliphatic carbocycles. The molecular weight excluding hydrogens is 526 g/mol. The van der Waals surface area contributed by atoms with Gasteiger partial charge in [0.25, 0.3) is 10.1 Å². The van der Waals surface area contributed by atoms with Gasteiger partial charge in [-0.1, -0.05) is 42.8 Å². The molecule has 1 atom stereocenters. The number of piperidine rings is 1. The fourth-order valence-electron chi connectivity index (χ4n) is 5.40. The maximum Gasteiger partial charge on any atom is 0.261 e. The van der Waals surface area contributed by atoms with E-state index >= 15 is 0 Å². The Balaban J connectivity index is 0.000000681. The van der Waals surface area contributed by atoms with Crippen LogP contribution in [0.2, 0.25) is 0 Å². The summed E-state index contributed by atoms with van der Waals surface area (Å²) >= 11 is 0. The molecule has 212 valence electrons. The van der Waals surface area contributed by atoms with Gasteiger partial charge in [-0.25, -0.2) is 0 Å². The third kappa shape index (κ3) is 7.59. The molecule has 3 aromatic carbocycles. The Kier molecular flexibility index (Phi) is 9.79. The van der Waals surface area contributed by atoms with Crippen LogP contribution in [0, 0.1) is 0 Å². The number of fused-ring (bicyclic) bond motifs is 1. The number of allylic oxidation sites excluding steroid dienone is 1. The van der Waals surface area contributed by atoms with E-state index in [2.05, 4.69) is 54.3 Å². The van der Waals surface area contributed by atoms with Crippen LogP contribution in [0.15, 0.2) is 66.7 Å². The van der Waals surface area contributed by atoms with E-state index in [1.54, 1.807) is 7.11 Å². The molecule has 0 spiro atoms. The molecule has 8 heteroatoms. The van der Waals surface area contributed by atoms with Crippen LogP contribution in [-0.4, -0.2) is 56.8 Å². The van der Waals surface area contributed by atoms with Gasteiger partial charge in [0.1, 0.15) is 17.7 Å². The lowest BCUT2D eigenvalue weighted by molar-refractivity contribution is 0.0262. The summed E-state index contributed by atoms with van der Waals surface area (Å²) in [6.45, 7) is 4.26. The molecule has 3 aromatic rings. The highest BCUT2D eigenvalue weighted by atomic mass is 32.2. The highest BCUT2D eigenvalue weighted by Crippen LogP contribution is 2.42. The van der Waals surface area contributed by atoms with Crippen LogP contribution in [0.5, 0.6) is 11.5 Å². The van der Waals surface area contributed by atoms with Crippen molar-refractivity contribution in [2.45, 2.75) is 45.3 Å². The van der Waals surface area contributed by atoms with E-state index in [1.807, 2.05) is 24.3 Å². The highest BCUT2D eigenvalue weighted by molar-refractivity contribution is 7.85. The molecule has 1 saturated heterocycles. The summed E-state index contributed by atoms with van der Waals surface area (Å²) in [6.07, 6.45) is 7.29. The quantitative estimate of drug-likeness (QED) is 0.273. The molecular formula is C32H37NO6S. The minimum absolute atomic E-state index is 0.00101. The monoisotopic (exact) mass is 563 g/mol. The van der Waals surface area contributed by atoms with Gasteiger partial charge in [0.05, 0.1) is 13.4 Å². The molecule has 1 aliphatic heterocycles. The van der Waals surface area contributed by atoms with Gasteiger partial charge in [-0.15, -0.1) is 0 Å². The number of benzene rings is 3. The van der Waals surface area contributed by atoms with Crippen LogP contribution in [0.4, 0.5) is 0 Å². The lowest BCUT2D eigenvalue weighted by atomic mass is 9.78. The van der Waals surface area contributed by atoms with Crippen LogP contribution < -0.4 is 9.47 Å². The molecule has 5 rings (SSSR count). The standard InChI is InChI=1S/C31H33NO3.CH4O3S/c1-22(32-18-6-3-7-19-32)35-27-16-12-25(21-33)30(20-27)31-28-9-5-4-8-23(28)13-17-29(31)24-10-14-26(34-2)15-11-24;1-5(2,3)4/h4-5,8-12,14-16,20-22H,3,6-7,13,17-19H2,1-2H3;1H3,(H,2,3,4). The zero-order valence-electron chi connectivity index (χ0n) is 23.3. The van der Waals surface area contributed by atoms with Crippen molar-refractivity contribution in [1.82, 2.24) is 4.90 Å². The zero-order chi connectivity index (χ0) is 28.7. The van der Waals surface area contributed by atoms with Gasteiger partial charge < -0.3 is 9.47 Å². The number of aldehydes is 1. The van der Waals surface area contributed by atoms with Gasteiger partial charge in [0.15, 0.2) is 6.29 Å². The number of ether oxygens (including phenoxy) is 2. The Hall–Kier alpha value is -3.46. The average molecular weight is 564 g/mol. The first-order valence-electron chi connectivity index (χ1n) is 13.6. The first-order chi connectivity index (χ1) is 19.2. The Labute approximate surface area is 237 Å². The van der Waals surface area contributed by atoms with Crippen LogP contribution in [-0.2, 0) is 16.5 Å². The molecule has 0 aromatic heterocycles. The molecule has 1 fully saturated rings. The maximum atomic E-state index is 12.2. The minimum atomic E-state index is -3.67. The molecule has 0 radical (unpaired) electrons. The zero-order valence-corrected chi connectivity index (χ0v) is 24.1. The van der Waals surface area contributed by atoms with Crippen molar-refractivity contribution >= 4 is 27.6 Å². The number of hydrogen-bond acceptors (Lipinski definition) is 6. The van der Waals surface area contributed by atoms with E-state index in [1.165, 1.54) is 36.0 Å². The fraction of sp³-hybridized carbons (Fsp3) is 0.344. The van der Waals surface area contributed by atoms with Crippen LogP contribution >= 0.6 is 0 Å². The lowest BCUT2D eigenvalue weighted by Gasteiger charge is -2.32. The maximum absolute atomic E-state index is 12.2. The van der Waals surface area contributed by atoms with Crippen molar-refractivity contribution in [3.63, 3.8) is 0 Å². The van der Waals surface area contributed by atoms with E-state index < -0.39 is 10.1 Å². The number of nitrogens with zero attached hydrogens (tertiary/aromatic N) is 1. The third-order valence-corrected chi connectivity index (χ3v) is 7.30. The molecule has 1 unspecified atom stereocenters. The minimum Gasteiger partial charge on any atom is -0.497 e. The predicted octanol–water partition coefficient (Wildman–Crippen LogP) is 6.13. The van der Waals surface area contributed by atoms with Crippen LogP contribution in [0.1, 0.15) is 65.2 Å². The topological polar surface area (TPSA) is 93.1 Å². The van der Waals surface area contributed by atoms with Crippen molar-refractivity contribution in [1.29, 1.82) is 0 Å². The van der Waals surface area contributed by atoms with Crippen molar-refractivity contribution in [3.05, 3.63) is 94.5 Å².